The van der Waals surface area contributed by atoms with Gasteiger partial charge in [0.1, 0.15) is 5.75 Å². The van der Waals surface area contributed by atoms with Gasteiger partial charge in [0, 0.05) is 0 Å². The summed E-state index contributed by atoms with van der Waals surface area (Å²) in [4.78, 5) is 0. The summed E-state index contributed by atoms with van der Waals surface area (Å²) < 4.78 is 5.23. The Bertz CT molecular complexity index is 443. The molecular weight excluding hydrogens is 268 g/mol. The Labute approximate surface area is 136 Å². The molecule has 2 rings (SSSR count). The average Bonchev–Trinajstić information content (AvgIpc) is 2.59. The maximum atomic E-state index is 5.23. The quantitative estimate of drug-likeness (QED) is 0.465. The van der Waals surface area contributed by atoms with Gasteiger partial charge >= 0.3 is 0 Å². The first kappa shape index (κ1) is 17.1. The number of benzene rings is 1. The van der Waals surface area contributed by atoms with Crippen LogP contribution >= 0.6 is 0 Å². The second-order valence-corrected chi connectivity index (χ2v) is 6.65. The van der Waals surface area contributed by atoms with Crippen molar-refractivity contribution in [2.45, 2.75) is 71.1 Å². The highest BCUT2D eigenvalue weighted by Crippen LogP contribution is 2.33. The van der Waals surface area contributed by atoms with Gasteiger partial charge in [0.05, 0.1) is 7.11 Å². The van der Waals surface area contributed by atoms with Crippen LogP contribution in [0.15, 0.2) is 30.3 Å². The van der Waals surface area contributed by atoms with Gasteiger partial charge in [-0.05, 0) is 48.4 Å². The number of allylic oxidation sites excluding steroid dienone is 2. The third kappa shape index (κ3) is 5.51. The summed E-state index contributed by atoms with van der Waals surface area (Å²) in [7, 11) is 1.72. The molecule has 0 heterocycles. The molecule has 0 fully saturated rings. The molecule has 1 aliphatic carbocycles. The van der Waals surface area contributed by atoms with Gasteiger partial charge in [0.15, 0.2) is 0 Å². The van der Waals surface area contributed by atoms with E-state index < -0.39 is 0 Å². The van der Waals surface area contributed by atoms with Crippen LogP contribution in [0.1, 0.15) is 76.7 Å². The summed E-state index contributed by atoms with van der Waals surface area (Å²) >= 11 is 0. The minimum atomic E-state index is 0.924. The molecule has 1 heteroatoms. The Kier molecular flexibility index (Phi) is 7.56. The monoisotopic (exact) mass is 300 g/mol. The number of methoxy groups -OCH3 is 1. The van der Waals surface area contributed by atoms with Crippen molar-refractivity contribution in [3.63, 3.8) is 0 Å². The molecule has 122 valence electrons. The third-order valence-corrected chi connectivity index (χ3v) is 4.95. The third-order valence-electron chi connectivity index (χ3n) is 4.95. The first-order chi connectivity index (χ1) is 10.8. The largest absolute Gasteiger partial charge is 0.497 e. The maximum Gasteiger partial charge on any atom is 0.118 e. The van der Waals surface area contributed by atoms with Gasteiger partial charge in [-0.1, -0.05) is 70.1 Å². The second kappa shape index (κ2) is 9.71. The van der Waals surface area contributed by atoms with E-state index in [1.165, 1.54) is 75.3 Å². The smallest absolute Gasteiger partial charge is 0.118 e. The Balaban J connectivity index is 1.70. The Morgan fingerprint density at radius 2 is 1.73 bits per heavy atom. The van der Waals surface area contributed by atoms with Gasteiger partial charge in [0.25, 0.3) is 0 Å². The van der Waals surface area contributed by atoms with Crippen molar-refractivity contribution in [2.24, 2.45) is 5.92 Å². The van der Waals surface area contributed by atoms with Gasteiger partial charge in [-0.2, -0.15) is 0 Å². The standard InChI is InChI=1S/C21H32O/c1-3-4-5-6-7-8-9-18-10-12-19(13-11-18)20-14-16-21(22-2)17-15-20/h12,14-18H,3-11,13H2,1-2H3. The van der Waals surface area contributed by atoms with Crippen molar-refractivity contribution in [1.82, 2.24) is 0 Å². The molecule has 1 aromatic carbocycles. The van der Waals surface area contributed by atoms with Crippen LogP contribution in [0, 0.1) is 5.92 Å². The predicted molar refractivity (Wildman–Crippen MR) is 96.3 cm³/mol. The van der Waals surface area contributed by atoms with Crippen LogP contribution in [0.3, 0.4) is 0 Å². The minimum absolute atomic E-state index is 0.924. The average molecular weight is 300 g/mol. The van der Waals surface area contributed by atoms with Gasteiger partial charge < -0.3 is 4.74 Å². The first-order valence-electron chi connectivity index (χ1n) is 9.17. The summed E-state index contributed by atoms with van der Waals surface area (Å²) in [5.41, 5.74) is 2.90. The van der Waals surface area contributed by atoms with Crippen LogP contribution in [0.4, 0.5) is 0 Å². The van der Waals surface area contributed by atoms with Gasteiger partial charge in [-0.25, -0.2) is 0 Å². The number of rotatable bonds is 9. The molecule has 1 aromatic rings. The van der Waals surface area contributed by atoms with Crippen molar-refractivity contribution >= 4 is 5.57 Å². The van der Waals surface area contributed by atoms with Crippen LogP contribution < -0.4 is 4.74 Å². The zero-order chi connectivity index (χ0) is 15.6. The molecule has 0 bridgehead atoms. The molecule has 0 saturated carbocycles. The van der Waals surface area contributed by atoms with Crippen molar-refractivity contribution in [3.8, 4) is 5.75 Å². The fourth-order valence-electron chi connectivity index (χ4n) is 3.43. The first-order valence-corrected chi connectivity index (χ1v) is 9.17. The highest BCUT2D eigenvalue weighted by atomic mass is 16.5. The summed E-state index contributed by atoms with van der Waals surface area (Å²) in [6, 6.07) is 8.52. The molecule has 0 radical (unpaired) electrons. The number of unbranched alkanes of at least 4 members (excludes halogenated alkanes) is 5. The highest BCUT2D eigenvalue weighted by molar-refractivity contribution is 5.66. The maximum absolute atomic E-state index is 5.23. The van der Waals surface area contributed by atoms with Crippen LogP contribution in [0.5, 0.6) is 5.75 Å². The lowest BCUT2D eigenvalue weighted by atomic mass is 9.84. The van der Waals surface area contributed by atoms with E-state index >= 15 is 0 Å². The zero-order valence-corrected chi connectivity index (χ0v) is 14.4. The van der Waals surface area contributed by atoms with Crippen molar-refractivity contribution in [1.29, 1.82) is 0 Å². The van der Waals surface area contributed by atoms with E-state index in [-0.39, 0.29) is 0 Å². The molecule has 1 unspecified atom stereocenters. The molecule has 0 N–H and O–H groups in total. The zero-order valence-electron chi connectivity index (χ0n) is 14.4. The topological polar surface area (TPSA) is 9.23 Å². The molecule has 1 aliphatic rings. The summed E-state index contributed by atoms with van der Waals surface area (Å²) in [5, 5.41) is 0. The predicted octanol–water partition coefficient (Wildman–Crippen LogP) is 6.63. The normalized spacial score (nSPS) is 18.1. The summed E-state index contributed by atoms with van der Waals surface area (Å²) in [6.07, 6.45) is 16.3. The lowest BCUT2D eigenvalue weighted by molar-refractivity contribution is 0.414. The van der Waals surface area contributed by atoms with Crippen molar-refractivity contribution < 1.29 is 4.74 Å². The van der Waals surface area contributed by atoms with E-state index in [2.05, 4.69) is 37.3 Å². The van der Waals surface area contributed by atoms with Crippen LogP contribution in [-0.2, 0) is 0 Å². The molecule has 22 heavy (non-hydrogen) atoms. The van der Waals surface area contributed by atoms with Crippen molar-refractivity contribution in [3.05, 3.63) is 35.9 Å². The second-order valence-electron chi connectivity index (χ2n) is 6.65. The summed E-state index contributed by atoms with van der Waals surface area (Å²) in [5.74, 6) is 1.87. The van der Waals surface area contributed by atoms with E-state index in [9.17, 15) is 0 Å². The molecule has 0 aliphatic heterocycles. The Morgan fingerprint density at radius 1 is 1.00 bits per heavy atom. The van der Waals surface area contributed by atoms with Crippen LogP contribution in [0.2, 0.25) is 0 Å². The fraction of sp³-hybridized carbons (Fsp3) is 0.619. The molecule has 0 aromatic heterocycles. The fourth-order valence-corrected chi connectivity index (χ4v) is 3.43. The highest BCUT2D eigenvalue weighted by Gasteiger charge is 2.15. The molecular formula is C21H32O. The van der Waals surface area contributed by atoms with Gasteiger partial charge in [-0.3, -0.25) is 0 Å². The Morgan fingerprint density at radius 3 is 2.36 bits per heavy atom. The van der Waals surface area contributed by atoms with Crippen LogP contribution in [0.25, 0.3) is 5.57 Å². The minimum Gasteiger partial charge on any atom is -0.497 e. The molecule has 0 saturated heterocycles. The van der Waals surface area contributed by atoms with Crippen molar-refractivity contribution in [2.75, 3.05) is 7.11 Å². The molecule has 1 nitrogen and oxygen atoms in total. The number of ether oxygens (including phenoxy) is 1. The van der Waals surface area contributed by atoms with Crippen LogP contribution in [-0.4, -0.2) is 7.11 Å². The SMILES string of the molecule is CCCCCCCCC1CC=C(c2ccc(OC)cc2)CC1. The van der Waals surface area contributed by atoms with E-state index in [1.54, 1.807) is 7.11 Å². The lowest BCUT2D eigenvalue weighted by Gasteiger charge is -2.22. The molecule has 1 atom stereocenters. The van der Waals surface area contributed by atoms with Gasteiger partial charge in [0.2, 0.25) is 0 Å². The summed E-state index contributed by atoms with van der Waals surface area (Å²) in [6.45, 7) is 2.29. The lowest BCUT2D eigenvalue weighted by Crippen LogP contribution is -2.05. The van der Waals surface area contributed by atoms with E-state index in [1.807, 2.05) is 0 Å². The Hall–Kier alpha value is -1.24. The molecule has 0 spiro atoms. The van der Waals surface area contributed by atoms with E-state index in [4.69, 9.17) is 4.74 Å². The van der Waals surface area contributed by atoms with E-state index in [0.717, 1.165) is 11.7 Å². The van der Waals surface area contributed by atoms with Gasteiger partial charge in [-0.15, -0.1) is 0 Å². The number of hydrogen-bond donors (Lipinski definition) is 0. The number of hydrogen-bond acceptors (Lipinski definition) is 1. The van der Waals surface area contributed by atoms with E-state index in [0.29, 0.717) is 0 Å². The molecule has 0 amide bonds.